The number of hydrogen-bond donors (Lipinski definition) is 2. The highest BCUT2D eigenvalue weighted by Crippen LogP contribution is 2.26. The summed E-state index contributed by atoms with van der Waals surface area (Å²) in [5.41, 5.74) is 1.53. The zero-order valence-electron chi connectivity index (χ0n) is 16.0. The van der Waals surface area contributed by atoms with Crippen molar-refractivity contribution in [1.82, 2.24) is 15.1 Å². The molecule has 0 aromatic heterocycles. The molecule has 1 heterocycles. The lowest BCUT2D eigenvalue weighted by Crippen LogP contribution is -2.41. The van der Waals surface area contributed by atoms with Gasteiger partial charge in [-0.15, -0.1) is 0 Å². The summed E-state index contributed by atoms with van der Waals surface area (Å²) >= 11 is 0. The second-order valence-electron chi connectivity index (χ2n) is 6.87. The molecule has 0 radical (unpaired) electrons. The Labute approximate surface area is 164 Å². The molecular formula is C21H26FN3O3. The number of hydrogen-bond acceptors (Lipinski definition) is 4. The average molecular weight is 387 g/mol. The van der Waals surface area contributed by atoms with Gasteiger partial charge in [0.1, 0.15) is 5.82 Å². The van der Waals surface area contributed by atoms with E-state index in [0.717, 1.165) is 18.5 Å². The number of nitrogens with zero attached hydrogens (tertiary/aromatic N) is 2. The van der Waals surface area contributed by atoms with Crippen LogP contribution in [0.1, 0.15) is 17.5 Å². The zero-order chi connectivity index (χ0) is 19.9. The minimum atomic E-state index is -0.189. The van der Waals surface area contributed by atoms with Crippen LogP contribution in [0, 0.1) is 5.82 Å². The Hall–Kier alpha value is -2.80. The number of benzene rings is 2. The molecule has 6 nitrogen and oxygen atoms in total. The summed E-state index contributed by atoms with van der Waals surface area (Å²) < 4.78 is 19.0. The van der Waals surface area contributed by atoms with Gasteiger partial charge < -0.3 is 20.1 Å². The Bertz CT molecular complexity index is 815. The van der Waals surface area contributed by atoms with E-state index >= 15 is 0 Å². The van der Waals surface area contributed by atoms with Crippen molar-refractivity contribution in [2.45, 2.75) is 19.5 Å². The first kappa shape index (κ1) is 19.9. The van der Waals surface area contributed by atoms with Gasteiger partial charge in [-0.05, 0) is 30.2 Å². The van der Waals surface area contributed by atoms with Crippen molar-refractivity contribution in [3.63, 3.8) is 0 Å². The fourth-order valence-corrected chi connectivity index (χ4v) is 3.32. The summed E-state index contributed by atoms with van der Waals surface area (Å²) in [7, 11) is 1.49. The van der Waals surface area contributed by atoms with Gasteiger partial charge in [0.25, 0.3) is 0 Å². The maximum absolute atomic E-state index is 13.9. The summed E-state index contributed by atoms with van der Waals surface area (Å²) in [6.07, 6.45) is 0.842. The predicted molar refractivity (Wildman–Crippen MR) is 105 cm³/mol. The second kappa shape index (κ2) is 9.41. The van der Waals surface area contributed by atoms with Crippen LogP contribution in [0.25, 0.3) is 0 Å². The van der Waals surface area contributed by atoms with Crippen LogP contribution in [-0.2, 0) is 13.1 Å². The number of phenolic OH excluding ortho intramolecular Hbond substituents is 1. The molecule has 3 rings (SSSR count). The van der Waals surface area contributed by atoms with Crippen LogP contribution in [0.5, 0.6) is 11.5 Å². The van der Waals surface area contributed by atoms with Crippen molar-refractivity contribution in [1.29, 1.82) is 0 Å². The molecule has 2 N–H and O–H groups in total. The first-order valence-corrected chi connectivity index (χ1v) is 9.41. The largest absolute Gasteiger partial charge is 0.504 e. The van der Waals surface area contributed by atoms with Crippen molar-refractivity contribution >= 4 is 6.03 Å². The first-order chi connectivity index (χ1) is 13.6. The summed E-state index contributed by atoms with van der Waals surface area (Å²) in [6.45, 7) is 3.69. The first-order valence-electron chi connectivity index (χ1n) is 9.41. The molecule has 1 aliphatic heterocycles. The Morgan fingerprint density at radius 3 is 2.79 bits per heavy atom. The van der Waals surface area contributed by atoms with Gasteiger partial charge in [-0.25, -0.2) is 9.18 Å². The number of nitrogens with one attached hydrogen (secondary N) is 1. The monoisotopic (exact) mass is 387 g/mol. The van der Waals surface area contributed by atoms with E-state index in [2.05, 4.69) is 10.2 Å². The third kappa shape index (κ3) is 5.13. The molecule has 28 heavy (non-hydrogen) atoms. The fourth-order valence-electron chi connectivity index (χ4n) is 3.32. The SMILES string of the molecule is COc1cc(CNC(=O)N2CCCN(Cc3ccccc3F)CC2)ccc1O. The Morgan fingerprint density at radius 2 is 2.00 bits per heavy atom. The average Bonchev–Trinajstić information content (AvgIpc) is 2.94. The van der Waals surface area contributed by atoms with Crippen molar-refractivity contribution in [2.24, 2.45) is 0 Å². The maximum atomic E-state index is 13.9. The fraction of sp³-hybridized carbons (Fsp3) is 0.381. The van der Waals surface area contributed by atoms with E-state index in [1.807, 2.05) is 6.07 Å². The van der Waals surface area contributed by atoms with Gasteiger partial charge in [-0.2, -0.15) is 0 Å². The number of halogens is 1. The summed E-state index contributed by atoms with van der Waals surface area (Å²) in [4.78, 5) is 16.5. The highest BCUT2D eigenvalue weighted by Gasteiger charge is 2.19. The van der Waals surface area contributed by atoms with E-state index in [0.29, 0.717) is 44.0 Å². The molecule has 0 saturated carbocycles. The Balaban J connectivity index is 1.51. The zero-order valence-corrected chi connectivity index (χ0v) is 16.0. The van der Waals surface area contributed by atoms with Crippen molar-refractivity contribution in [3.8, 4) is 11.5 Å². The summed E-state index contributed by atoms with van der Waals surface area (Å²) in [5, 5.41) is 12.6. The van der Waals surface area contributed by atoms with Crippen molar-refractivity contribution < 1.29 is 19.0 Å². The quantitative estimate of drug-likeness (QED) is 0.828. The maximum Gasteiger partial charge on any atom is 0.317 e. The molecule has 7 heteroatoms. The highest BCUT2D eigenvalue weighted by molar-refractivity contribution is 5.74. The molecule has 1 fully saturated rings. The summed E-state index contributed by atoms with van der Waals surface area (Å²) in [6, 6.07) is 11.7. The number of aromatic hydroxyl groups is 1. The Morgan fingerprint density at radius 1 is 1.18 bits per heavy atom. The minimum Gasteiger partial charge on any atom is -0.504 e. The number of carbonyl (C=O) groups is 1. The topological polar surface area (TPSA) is 65.0 Å². The van der Waals surface area contributed by atoms with E-state index in [9.17, 15) is 14.3 Å². The normalized spacial score (nSPS) is 15.1. The van der Waals surface area contributed by atoms with Gasteiger partial charge in [0.2, 0.25) is 0 Å². The van der Waals surface area contributed by atoms with E-state index in [4.69, 9.17) is 4.74 Å². The lowest BCUT2D eigenvalue weighted by atomic mass is 10.2. The van der Waals surface area contributed by atoms with E-state index in [1.165, 1.54) is 13.2 Å². The number of phenols is 1. The van der Waals surface area contributed by atoms with E-state index in [1.54, 1.807) is 35.2 Å². The molecule has 0 atom stereocenters. The third-order valence-electron chi connectivity index (χ3n) is 4.92. The number of carbonyl (C=O) groups excluding carboxylic acids is 1. The standard InChI is InChI=1S/C21H26FN3O3/c1-28-20-13-16(7-8-19(20)26)14-23-21(27)25-10-4-9-24(11-12-25)15-17-5-2-3-6-18(17)22/h2-3,5-8,13,26H,4,9-12,14-15H2,1H3,(H,23,27). The van der Waals surface area contributed by atoms with Crippen LogP contribution >= 0.6 is 0 Å². The number of ether oxygens (including phenoxy) is 1. The van der Waals surface area contributed by atoms with Crippen molar-refractivity contribution in [2.75, 3.05) is 33.3 Å². The number of methoxy groups -OCH3 is 1. The van der Waals surface area contributed by atoms with Gasteiger partial charge in [-0.1, -0.05) is 24.3 Å². The molecule has 0 spiro atoms. The molecule has 0 bridgehead atoms. The smallest absolute Gasteiger partial charge is 0.317 e. The summed E-state index contributed by atoms with van der Waals surface area (Å²) in [5.74, 6) is 0.260. The van der Waals surface area contributed by atoms with E-state index < -0.39 is 0 Å². The van der Waals surface area contributed by atoms with Crippen LogP contribution in [0.15, 0.2) is 42.5 Å². The van der Waals surface area contributed by atoms with Crippen LogP contribution in [0.2, 0.25) is 0 Å². The van der Waals surface area contributed by atoms with E-state index in [-0.39, 0.29) is 17.6 Å². The molecule has 0 unspecified atom stereocenters. The molecule has 2 aromatic rings. The molecule has 1 saturated heterocycles. The molecule has 1 aliphatic rings. The predicted octanol–water partition coefficient (Wildman–Crippen LogP) is 2.96. The second-order valence-corrected chi connectivity index (χ2v) is 6.87. The lowest BCUT2D eigenvalue weighted by molar-refractivity contribution is 0.197. The Kier molecular flexibility index (Phi) is 6.71. The number of amides is 2. The number of urea groups is 1. The van der Waals surface area contributed by atoms with Gasteiger partial charge in [0, 0.05) is 44.8 Å². The molecule has 2 amide bonds. The van der Waals surface area contributed by atoms with Gasteiger partial charge in [0.15, 0.2) is 11.5 Å². The van der Waals surface area contributed by atoms with Crippen LogP contribution in [0.3, 0.4) is 0 Å². The van der Waals surface area contributed by atoms with Crippen molar-refractivity contribution in [3.05, 3.63) is 59.4 Å². The van der Waals surface area contributed by atoms with Crippen LogP contribution in [-0.4, -0.2) is 54.2 Å². The number of rotatable bonds is 5. The molecular weight excluding hydrogens is 361 g/mol. The van der Waals surface area contributed by atoms with Gasteiger partial charge in [0.05, 0.1) is 7.11 Å². The van der Waals surface area contributed by atoms with Crippen LogP contribution < -0.4 is 10.1 Å². The molecule has 2 aromatic carbocycles. The minimum absolute atomic E-state index is 0.0695. The molecule has 150 valence electrons. The third-order valence-corrected chi connectivity index (χ3v) is 4.92. The highest BCUT2D eigenvalue weighted by atomic mass is 19.1. The van der Waals surface area contributed by atoms with Gasteiger partial charge >= 0.3 is 6.03 Å². The lowest BCUT2D eigenvalue weighted by Gasteiger charge is -2.22. The van der Waals surface area contributed by atoms with Crippen LogP contribution in [0.4, 0.5) is 9.18 Å². The van der Waals surface area contributed by atoms with Gasteiger partial charge in [-0.3, -0.25) is 4.90 Å². The molecule has 0 aliphatic carbocycles.